The zero-order valence-electron chi connectivity index (χ0n) is 12.6. The monoisotopic (exact) mass is 388 g/mol. The quantitative estimate of drug-likeness (QED) is 0.864. The minimum absolute atomic E-state index is 0. The van der Waals surface area contributed by atoms with Gasteiger partial charge in [-0.05, 0) is 36.7 Å². The van der Waals surface area contributed by atoms with Crippen LogP contribution >= 0.6 is 28.3 Å². The maximum atomic E-state index is 12.6. The number of morpholine rings is 1. The molecule has 1 amide bonds. The molecule has 3 rings (SSSR count). The van der Waals surface area contributed by atoms with Gasteiger partial charge in [0.05, 0.1) is 13.2 Å². The van der Waals surface area contributed by atoms with Gasteiger partial charge in [0, 0.05) is 16.9 Å². The van der Waals surface area contributed by atoms with Gasteiger partial charge in [-0.2, -0.15) is 0 Å². The van der Waals surface area contributed by atoms with E-state index in [1.54, 1.807) is 0 Å². The van der Waals surface area contributed by atoms with Crippen LogP contribution in [0.15, 0.2) is 28.7 Å². The summed E-state index contributed by atoms with van der Waals surface area (Å²) < 4.78 is 6.90. The minimum Gasteiger partial charge on any atom is -0.370 e. The van der Waals surface area contributed by atoms with Crippen molar-refractivity contribution in [3.8, 4) is 0 Å². The third-order valence-electron chi connectivity index (χ3n) is 4.51. The summed E-state index contributed by atoms with van der Waals surface area (Å²) in [6.45, 7) is 5.95. The summed E-state index contributed by atoms with van der Waals surface area (Å²) in [4.78, 5) is 14.6. The number of halogens is 2. The van der Waals surface area contributed by atoms with Gasteiger partial charge < -0.3 is 15.0 Å². The predicted octanol–water partition coefficient (Wildman–Crippen LogP) is 2.63. The van der Waals surface area contributed by atoms with E-state index in [0.29, 0.717) is 25.6 Å². The fourth-order valence-electron chi connectivity index (χ4n) is 2.91. The Morgan fingerprint density at radius 3 is 2.86 bits per heavy atom. The first kappa shape index (κ1) is 17.7. The van der Waals surface area contributed by atoms with Crippen LogP contribution in [0.4, 0.5) is 0 Å². The molecule has 2 saturated heterocycles. The SMILES string of the molecule is CC(C(=O)N1CCOC(c2cccc(Br)c2)C1)C1CNC1.Cl. The second kappa shape index (κ2) is 7.77. The number of amides is 1. The van der Waals surface area contributed by atoms with Crippen molar-refractivity contribution < 1.29 is 9.53 Å². The van der Waals surface area contributed by atoms with Gasteiger partial charge in [0.2, 0.25) is 5.91 Å². The summed E-state index contributed by atoms with van der Waals surface area (Å²) in [5, 5.41) is 3.24. The fraction of sp³-hybridized carbons (Fsp3) is 0.562. The van der Waals surface area contributed by atoms with Gasteiger partial charge in [0.15, 0.2) is 0 Å². The highest BCUT2D eigenvalue weighted by molar-refractivity contribution is 9.10. The summed E-state index contributed by atoms with van der Waals surface area (Å²) in [5.41, 5.74) is 1.12. The second-order valence-corrected chi connectivity index (χ2v) is 6.82. The number of carbonyl (C=O) groups excluding carboxylic acids is 1. The summed E-state index contributed by atoms with van der Waals surface area (Å²) in [7, 11) is 0. The van der Waals surface area contributed by atoms with E-state index in [9.17, 15) is 4.79 Å². The third kappa shape index (κ3) is 3.82. The summed E-state index contributed by atoms with van der Waals surface area (Å²) >= 11 is 3.49. The largest absolute Gasteiger partial charge is 0.370 e. The Morgan fingerprint density at radius 2 is 2.23 bits per heavy atom. The van der Waals surface area contributed by atoms with Gasteiger partial charge in [-0.25, -0.2) is 0 Å². The molecule has 0 bridgehead atoms. The van der Waals surface area contributed by atoms with E-state index in [1.165, 1.54) is 0 Å². The maximum Gasteiger partial charge on any atom is 0.225 e. The van der Waals surface area contributed by atoms with Crippen molar-refractivity contribution in [1.82, 2.24) is 10.2 Å². The number of rotatable bonds is 3. The number of hydrogen-bond donors (Lipinski definition) is 1. The molecular weight excluding hydrogens is 368 g/mol. The fourth-order valence-corrected chi connectivity index (χ4v) is 3.33. The molecule has 1 aromatic carbocycles. The molecule has 6 heteroatoms. The Morgan fingerprint density at radius 1 is 1.45 bits per heavy atom. The predicted molar refractivity (Wildman–Crippen MR) is 92.2 cm³/mol. The molecule has 2 atom stereocenters. The number of carbonyl (C=O) groups is 1. The Balaban J connectivity index is 0.00000176. The normalized spacial score (nSPS) is 23.4. The molecule has 2 fully saturated rings. The van der Waals surface area contributed by atoms with E-state index in [2.05, 4.69) is 40.3 Å². The van der Waals surface area contributed by atoms with Crippen molar-refractivity contribution in [2.75, 3.05) is 32.8 Å². The van der Waals surface area contributed by atoms with Crippen molar-refractivity contribution in [3.05, 3.63) is 34.3 Å². The molecule has 0 saturated carbocycles. The standard InChI is InChI=1S/C16H21BrN2O2.ClH/c1-11(13-8-18-9-13)16(20)19-5-6-21-15(10-19)12-3-2-4-14(17)7-12;/h2-4,7,11,13,15,18H,5-6,8-10H2,1H3;1H. The molecule has 122 valence electrons. The molecule has 22 heavy (non-hydrogen) atoms. The number of nitrogens with zero attached hydrogens (tertiary/aromatic N) is 1. The van der Waals surface area contributed by atoms with Gasteiger partial charge in [-0.3, -0.25) is 4.79 Å². The number of benzene rings is 1. The van der Waals surface area contributed by atoms with E-state index in [4.69, 9.17) is 4.74 Å². The number of ether oxygens (including phenoxy) is 1. The van der Waals surface area contributed by atoms with Gasteiger partial charge in [-0.1, -0.05) is 35.0 Å². The van der Waals surface area contributed by atoms with Crippen LogP contribution in [-0.2, 0) is 9.53 Å². The maximum absolute atomic E-state index is 12.6. The van der Waals surface area contributed by atoms with Gasteiger partial charge in [-0.15, -0.1) is 12.4 Å². The van der Waals surface area contributed by atoms with Crippen LogP contribution in [0.5, 0.6) is 0 Å². The molecule has 1 aromatic rings. The first-order valence-corrected chi connectivity index (χ1v) is 8.31. The summed E-state index contributed by atoms with van der Waals surface area (Å²) in [6, 6.07) is 8.13. The minimum atomic E-state index is -0.0214. The van der Waals surface area contributed by atoms with Crippen LogP contribution in [-0.4, -0.2) is 43.6 Å². The first-order chi connectivity index (χ1) is 10.1. The van der Waals surface area contributed by atoms with Crippen molar-refractivity contribution in [1.29, 1.82) is 0 Å². The molecule has 2 aliphatic rings. The molecule has 2 heterocycles. The average molecular weight is 390 g/mol. The Bertz CT molecular complexity index is 525. The second-order valence-electron chi connectivity index (χ2n) is 5.91. The highest BCUT2D eigenvalue weighted by Gasteiger charge is 2.34. The molecule has 0 aliphatic carbocycles. The van der Waals surface area contributed by atoms with Crippen LogP contribution in [0.2, 0.25) is 0 Å². The lowest BCUT2D eigenvalue weighted by Gasteiger charge is -2.38. The molecule has 0 radical (unpaired) electrons. The van der Waals surface area contributed by atoms with E-state index in [1.807, 2.05) is 17.0 Å². The highest BCUT2D eigenvalue weighted by Crippen LogP contribution is 2.27. The molecule has 2 unspecified atom stereocenters. The van der Waals surface area contributed by atoms with E-state index in [-0.39, 0.29) is 30.3 Å². The first-order valence-electron chi connectivity index (χ1n) is 7.51. The molecule has 0 spiro atoms. The molecule has 0 aromatic heterocycles. The Labute approximate surface area is 146 Å². The van der Waals surface area contributed by atoms with E-state index >= 15 is 0 Å². The van der Waals surface area contributed by atoms with Crippen molar-refractivity contribution in [2.45, 2.75) is 13.0 Å². The zero-order chi connectivity index (χ0) is 14.8. The van der Waals surface area contributed by atoms with Crippen LogP contribution < -0.4 is 5.32 Å². The summed E-state index contributed by atoms with van der Waals surface area (Å²) in [6.07, 6.45) is -0.0214. The Hall–Kier alpha value is -0.620. The van der Waals surface area contributed by atoms with Crippen molar-refractivity contribution in [3.63, 3.8) is 0 Å². The molecular formula is C16H22BrClN2O2. The van der Waals surface area contributed by atoms with E-state index in [0.717, 1.165) is 23.1 Å². The zero-order valence-corrected chi connectivity index (χ0v) is 15.0. The Kier molecular flexibility index (Phi) is 6.26. The lowest BCUT2D eigenvalue weighted by molar-refractivity contribution is -0.145. The van der Waals surface area contributed by atoms with Crippen molar-refractivity contribution in [2.24, 2.45) is 11.8 Å². The molecule has 1 N–H and O–H groups in total. The molecule has 2 aliphatic heterocycles. The highest BCUT2D eigenvalue weighted by atomic mass is 79.9. The summed E-state index contributed by atoms with van der Waals surface area (Å²) in [5.74, 6) is 0.863. The van der Waals surface area contributed by atoms with Crippen LogP contribution in [0.1, 0.15) is 18.6 Å². The molecule has 4 nitrogen and oxygen atoms in total. The third-order valence-corrected chi connectivity index (χ3v) is 5.00. The number of nitrogens with one attached hydrogen (secondary N) is 1. The lowest BCUT2D eigenvalue weighted by Crippen LogP contribution is -2.52. The smallest absolute Gasteiger partial charge is 0.225 e. The number of hydrogen-bond acceptors (Lipinski definition) is 3. The lowest BCUT2D eigenvalue weighted by atomic mass is 9.87. The van der Waals surface area contributed by atoms with E-state index < -0.39 is 0 Å². The van der Waals surface area contributed by atoms with Crippen LogP contribution in [0.25, 0.3) is 0 Å². The van der Waals surface area contributed by atoms with Gasteiger partial charge >= 0.3 is 0 Å². The van der Waals surface area contributed by atoms with Crippen LogP contribution in [0, 0.1) is 11.8 Å². The topological polar surface area (TPSA) is 41.6 Å². The van der Waals surface area contributed by atoms with Gasteiger partial charge in [0.25, 0.3) is 0 Å². The van der Waals surface area contributed by atoms with Crippen molar-refractivity contribution >= 4 is 34.2 Å². The van der Waals surface area contributed by atoms with Gasteiger partial charge in [0.1, 0.15) is 6.10 Å². The van der Waals surface area contributed by atoms with Crippen LogP contribution in [0.3, 0.4) is 0 Å². The average Bonchev–Trinajstić information content (AvgIpc) is 2.45.